The van der Waals surface area contributed by atoms with Gasteiger partial charge in [-0.3, -0.25) is 4.79 Å². The van der Waals surface area contributed by atoms with E-state index in [4.69, 9.17) is 0 Å². The summed E-state index contributed by atoms with van der Waals surface area (Å²) in [4.78, 5) is 27.3. The molecule has 3 heterocycles. The third-order valence-electron chi connectivity index (χ3n) is 4.28. The van der Waals surface area contributed by atoms with Gasteiger partial charge in [0.2, 0.25) is 5.95 Å². The number of anilines is 1. The fraction of sp³-hybridized carbons (Fsp3) is 0.211. The maximum atomic E-state index is 12.8. The lowest BCUT2D eigenvalue weighted by atomic mass is 10.2. The number of carbonyl (C=O) groups excluding carboxylic acids is 1. The van der Waals surface area contributed by atoms with E-state index in [0.717, 1.165) is 34.4 Å². The van der Waals surface area contributed by atoms with E-state index < -0.39 is 0 Å². The van der Waals surface area contributed by atoms with Crippen LogP contribution in [0.2, 0.25) is 0 Å². The number of aromatic nitrogens is 2. The van der Waals surface area contributed by atoms with Crippen LogP contribution >= 0.6 is 11.3 Å². The van der Waals surface area contributed by atoms with Gasteiger partial charge in [0, 0.05) is 43.4 Å². The summed E-state index contributed by atoms with van der Waals surface area (Å²) in [7, 11) is 0. The fourth-order valence-corrected chi connectivity index (χ4v) is 3.91. The number of amides is 1. The highest BCUT2D eigenvalue weighted by atomic mass is 32.1. The van der Waals surface area contributed by atoms with Gasteiger partial charge in [-0.25, -0.2) is 9.97 Å². The monoisotopic (exact) mass is 350 g/mol. The van der Waals surface area contributed by atoms with Crippen LogP contribution in [0.5, 0.6) is 0 Å². The summed E-state index contributed by atoms with van der Waals surface area (Å²) in [6, 6.07) is 15.9. The summed E-state index contributed by atoms with van der Waals surface area (Å²) in [5, 5.41) is 0. The summed E-state index contributed by atoms with van der Waals surface area (Å²) in [5.41, 5.74) is 1.15. The molecule has 4 rings (SSSR count). The summed E-state index contributed by atoms with van der Waals surface area (Å²) < 4.78 is 0. The van der Waals surface area contributed by atoms with Crippen LogP contribution in [-0.2, 0) is 0 Å². The van der Waals surface area contributed by atoms with Crippen LogP contribution in [0, 0.1) is 0 Å². The third kappa shape index (κ3) is 3.39. The lowest BCUT2D eigenvalue weighted by molar-refractivity contribution is 0.0751. The van der Waals surface area contributed by atoms with Crippen molar-refractivity contribution >= 4 is 23.2 Å². The van der Waals surface area contributed by atoms with Crippen molar-refractivity contribution in [2.45, 2.75) is 0 Å². The van der Waals surface area contributed by atoms with Gasteiger partial charge in [-0.2, -0.15) is 0 Å². The lowest BCUT2D eigenvalue weighted by Crippen LogP contribution is -2.49. The zero-order chi connectivity index (χ0) is 17.1. The third-order valence-corrected chi connectivity index (χ3v) is 5.40. The number of nitrogens with zero attached hydrogens (tertiary/aromatic N) is 4. The van der Waals surface area contributed by atoms with Gasteiger partial charge in [0.25, 0.3) is 5.91 Å². The molecule has 25 heavy (non-hydrogen) atoms. The second-order valence-corrected chi connectivity index (χ2v) is 6.94. The normalized spacial score (nSPS) is 14.6. The Hall–Kier alpha value is -2.73. The quantitative estimate of drug-likeness (QED) is 0.728. The Kier molecular flexibility index (Phi) is 4.43. The molecule has 3 aromatic rings. The first kappa shape index (κ1) is 15.8. The van der Waals surface area contributed by atoms with E-state index in [-0.39, 0.29) is 5.91 Å². The van der Waals surface area contributed by atoms with E-state index in [1.54, 1.807) is 23.7 Å². The highest BCUT2D eigenvalue weighted by Gasteiger charge is 2.24. The van der Waals surface area contributed by atoms with Gasteiger partial charge in [-0.1, -0.05) is 30.3 Å². The van der Waals surface area contributed by atoms with Crippen LogP contribution in [-0.4, -0.2) is 47.0 Å². The first-order valence-electron chi connectivity index (χ1n) is 8.28. The van der Waals surface area contributed by atoms with Crippen LogP contribution in [0.15, 0.2) is 60.9 Å². The van der Waals surface area contributed by atoms with Crippen LogP contribution in [0.1, 0.15) is 9.67 Å². The Labute approximate surface area is 150 Å². The topological polar surface area (TPSA) is 49.3 Å². The number of carbonyl (C=O) groups is 1. The van der Waals surface area contributed by atoms with Crippen LogP contribution in [0.3, 0.4) is 0 Å². The SMILES string of the molecule is O=C(c1ccc(-c2ccccc2)s1)N1CCN(c2ncccn2)CC1. The molecule has 1 aliphatic heterocycles. The molecule has 0 N–H and O–H groups in total. The fourth-order valence-electron chi connectivity index (χ4n) is 2.93. The molecule has 1 fully saturated rings. The number of hydrogen-bond acceptors (Lipinski definition) is 5. The maximum Gasteiger partial charge on any atom is 0.264 e. The van der Waals surface area contributed by atoms with Gasteiger partial charge in [-0.15, -0.1) is 11.3 Å². The van der Waals surface area contributed by atoms with Crippen molar-refractivity contribution in [3.63, 3.8) is 0 Å². The Balaban J connectivity index is 1.42. The molecular weight excluding hydrogens is 332 g/mol. The van der Waals surface area contributed by atoms with Crippen molar-refractivity contribution in [2.24, 2.45) is 0 Å². The summed E-state index contributed by atoms with van der Waals surface area (Å²) >= 11 is 1.56. The second kappa shape index (κ2) is 7.03. The van der Waals surface area contributed by atoms with Crippen molar-refractivity contribution in [1.29, 1.82) is 0 Å². The van der Waals surface area contributed by atoms with Crippen LogP contribution < -0.4 is 4.90 Å². The summed E-state index contributed by atoms with van der Waals surface area (Å²) in [6.07, 6.45) is 3.49. The minimum atomic E-state index is 0.112. The molecule has 0 radical (unpaired) electrons. The minimum Gasteiger partial charge on any atom is -0.337 e. The van der Waals surface area contributed by atoms with Crippen molar-refractivity contribution in [3.8, 4) is 10.4 Å². The van der Waals surface area contributed by atoms with E-state index >= 15 is 0 Å². The molecule has 0 aliphatic carbocycles. The van der Waals surface area contributed by atoms with Crippen LogP contribution in [0.4, 0.5) is 5.95 Å². The standard InChI is InChI=1S/C19H18N4OS/c24-18(17-8-7-16(25-17)15-5-2-1-3-6-15)22-11-13-23(14-12-22)19-20-9-4-10-21-19/h1-10H,11-14H2. The molecule has 5 nitrogen and oxygen atoms in total. The number of piperazine rings is 1. The smallest absolute Gasteiger partial charge is 0.264 e. The van der Waals surface area contributed by atoms with Gasteiger partial charge in [0.05, 0.1) is 4.88 Å². The molecule has 2 aromatic heterocycles. The van der Waals surface area contributed by atoms with Gasteiger partial charge >= 0.3 is 0 Å². The molecule has 1 aliphatic rings. The van der Waals surface area contributed by atoms with E-state index in [2.05, 4.69) is 27.0 Å². The van der Waals surface area contributed by atoms with Crippen LogP contribution in [0.25, 0.3) is 10.4 Å². The molecule has 0 bridgehead atoms. The number of thiophene rings is 1. The predicted octanol–water partition coefficient (Wildman–Crippen LogP) is 3.17. The molecule has 0 saturated carbocycles. The Bertz CT molecular complexity index is 842. The van der Waals surface area contributed by atoms with E-state index in [0.29, 0.717) is 13.1 Å². The molecule has 1 aromatic carbocycles. The minimum absolute atomic E-state index is 0.112. The highest BCUT2D eigenvalue weighted by molar-refractivity contribution is 7.17. The largest absolute Gasteiger partial charge is 0.337 e. The Morgan fingerprint density at radius 1 is 0.880 bits per heavy atom. The molecule has 0 atom stereocenters. The molecule has 1 saturated heterocycles. The van der Waals surface area contributed by atoms with Gasteiger partial charge in [0.15, 0.2) is 0 Å². The maximum absolute atomic E-state index is 12.8. The predicted molar refractivity (Wildman–Crippen MR) is 99.9 cm³/mol. The molecule has 0 spiro atoms. The first-order chi connectivity index (χ1) is 12.3. The molecule has 1 amide bonds. The number of benzene rings is 1. The highest BCUT2D eigenvalue weighted by Crippen LogP contribution is 2.28. The Morgan fingerprint density at radius 3 is 2.32 bits per heavy atom. The molecule has 126 valence electrons. The molecule has 6 heteroatoms. The van der Waals surface area contributed by atoms with E-state index in [9.17, 15) is 4.79 Å². The van der Waals surface area contributed by atoms with Crippen molar-refractivity contribution in [3.05, 3.63) is 65.8 Å². The summed E-state index contributed by atoms with van der Waals surface area (Å²) in [6.45, 7) is 2.89. The second-order valence-electron chi connectivity index (χ2n) is 5.86. The van der Waals surface area contributed by atoms with E-state index in [1.807, 2.05) is 41.3 Å². The van der Waals surface area contributed by atoms with Crippen molar-refractivity contribution in [2.75, 3.05) is 31.1 Å². The first-order valence-corrected chi connectivity index (χ1v) is 9.09. The van der Waals surface area contributed by atoms with Gasteiger partial charge in [-0.05, 0) is 23.8 Å². The average molecular weight is 350 g/mol. The zero-order valence-corrected chi connectivity index (χ0v) is 14.5. The number of hydrogen-bond donors (Lipinski definition) is 0. The average Bonchev–Trinajstić information content (AvgIpc) is 3.19. The van der Waals surface area contributed by atoms with Crippen molar-refractivity contribution in [1.82, 2.24) is 14.9 Å². The van der Waals surface area contributed by atoms with E-state index in [1.165, 1.54) is 0 Å². The molecular formula is C19H18N4OS. The lowest BCUT2D eigenvalue weighted by Gasteiger charge is -2.34. The van der Waals surface area contributed by atoms with Gasteiger partial charge < -0.3 is 9.80 Å². The summed E-state index contributed by atoms with van der Waals surface area (Å²) in [5.74, 6) is 0.845. The molecule has 0 unspecified atom stereocenters. The Morgan fingerprint density at radius 2 is 1.60 bits per heavy atom. The van der Waals surface area contributed by atoms with Crippen molar-refractivity contribution < 1.29 is 4.79 Å². The number of rotatable bonds is 3. The van der Waals surface area contributed by atoms with Gasteiger partial charge in [0.1, 0.15) is 0 Å². The zero-order valence-electron chi connectivity index (χ0n) is 13.7.